The lowest BCUT2D eigenvalue weighted by molar-refractivity contribution is 0.283. The molecule has 0 fully saturated rings. The van der Waals surface area contributed by atoms with Crippen molar-refractivity contribution in [3.05, 3.63) is 30.1 Å². The summed E-state index contributed by atoms with van der Waals surface area (Å²) in [5, 5.41) is 12.1. The first-order valence-electron chi connectivity index (χ1n) is 6.62. The summed E-state index contributed by atoms with van der Waals surface area (Å²) in [6, 6.07) is 8.24. The number of hydrogen-bond acceptors (Lipinski definition) is 3. The molecule has 0 saturated carbocycles. The van der Waals surface area contributed by atoms with E-state index in [2.05, 4.69) is 40.0 Å². The van der Waals surface area contributed by atoms with E-state index < -0.39 is 0 Å². The van der Waals surface area contributed by atoms with Crippen molar-refractivity contribution < 1.29 is 5.11 Å². The van der Waals surface area contributed by atoms with Crippen molar-refractivity contribution in [2.24, 2.45) is 0 Å². The Morgan fingerprint density at radius 2 is 2.11 bits per heavy atom. The maximum atomic E-state index is 8.72. The van der Waals surface area contributed by atoms with Crippen molar-refractivity contribution in [3.63, 3.8) is 0 Å². The van der Waals surface area contributed by atoms with Crippen LogP contribution in [0.1, 0.15) is 25.6 Å². The molecule has 1 aromatic carbocycles. The second-order valence-corrected chi connectivity index (χ2v) is 4.37. The maximum Gasteiger partial charge on any atom is 0.123 e. The minimum Gasteiger partial charge on any atom is -0.396 e. The Kier molecular flexibility index (Phi) is 4.73. The Morgan fingerprint density at radius 3 is 2.89 bits per heavy atom. The molecule has 0 aliphatic heterocycles. The predicted octanol–water partition coefficient (Wildman–Crippen LogP) is 1.92. The minimum atomic E-state index is 0.273. The number of aryl methyl sites for hydroxylation is 1. The van der Waals surface area contributed by atoms with Crippen LogP contribution in [0.4, 0.5) is 0 Å². The van der Waals surface area contributed by atoms with Crippen molar-refractivity contribution >= 4 is 11.0 Å². The van der Waals surface area contributed by atoms with Gasteiger partial charge in [0.25, 0.3) is 0 Å². The zero-order chi connectivity index (χ0) is 12.8. The fourth-order valence-corrected chi connectivity index (χ4v) is 2.18. The van der Waals surface area contributed by atoms with Gasteiger partial charge in [0.2, 0.25) is 0 Å². The normalized spacial score (nSPS) is 11.2. The second-order valence-electron chi connectivity index (χ2n) is 4.37. The van der Waals surface area contributed by atoms with Crippen LogP contribution in [0.25, 0.3) is 11.0 Å². The number of imidazole rings is 1. The topological polar surface area (TPSA) is 50.1 Å². The highest BCUT2D eigenvalue weighted by molar-refractivity contribution is 5.75. The summed E-state index contributed by atoms with van der Waals surface area (Å²) in [7, 11) is 0. The molecule has 0 saturated heterocycles. The zero-order valence-electron chi connectivity index (χ0n) is 10.9. The molecule has 2 N–H and O–H groups in total. The fourth-order valence-electron chi connectivity index (χ4n) is 2.18. The second kappa shape index (κ2) is 6.52. The summed E-state index contributed by atoms with van der Waals surface area (Å²) in [6.07, 6.45) is 1.86. The molecule has 0 bridgehead atoms. The minimum absolute atomic E-state index is 0.273. The lowest BCUT2D eigenvalue weighted by Gasteiger charge is -2.07. The van der Waals surface area contributed by atoms with Gasteiger partial charge in [0.05, 0.1) is 17.6 Å². The third kappa shape index (κ3) is 2.89. The van der Waals surface area contributed by atoms with Gasteiger partial charge in [-0.05, 0) is 38.4 Å². The first kappa shape index (κ1) is 13.1. The van der Waals surface area contributed by atoms with E-state index in [4.69, 9.17) is 5.11 Å². The fraction of sp³-hybridized carbons (Fsp3) is 0.500. The van der Waals surface area contributed by atoms with E-state index >= 15 is 0 Å². The number of aliphatic hydroxyl groups excluding tert-OH is 1. The molecule has 2 rings (SSSR count). The van der Waals surface area contributed by atoms with Gasteiger partial charge < -0.3 is 15.0 Å². The molecule has 1 aromatic heterocycles. The van der Waals surface area contributed by atoms with Gasteiger partial charge in [-0.3, -0.25) is 0 Å². The van der Waals surface area contributed by atoms with Crippen LogP contribution in [0.15, 0.2) is 24.3 Å². The zero-order valence-corrected chi connectivity index (χ0v) is 10.9. The Bertz CT molecular complexity index is 493. The lowest BCUT2D eigenvalue weighted by atomic mass is 10.3. The number of rotatable bonds is 7. The molecule has 98 valence electrons. The monoisotopic (exact) mass is 247 g/mol. The quantitative estimate of drug-likeness (QED) is 0.735. The first-order chi connectivity index (χ1) is 8.86. The van der Waals surface area contributed by atoms with Crippen LogP contribution in [0.5, 0.6) is 0 Å². The number of benzene rings is 1. The van der Waals surface area contributed by atoms with Crippen LogP contribution in [0.3, 0.4) is 0 Å². The molecule has 4 nitrogen and oxygen atoms in total. The molecule has 0 aliphatic carbocycles. The van der Waals surface area contributed by atoms with E-state index in [9.17, 15) is 0 Å². The maximum absolute atomic E-state index is 8.72. The highest BCUT2D eigenvalue weighted by Gasteiger charge is 2.07. The van der Waals surface area contributed by atoms with Gasteiger partial charge in [-0.2, -0.15) is 0 Å². The van der Waals surface area contributed by atoms with Gasteiger partial charge in [-0.1, -0.05) is 12.1 Å². The third-order valence-electron chi connectivity index (χ3n) is 3.09. The Hall–Kier alpha value is -1.39. The van der Waals surface area contributed by atoms with E-state index in [0.717, 1.165) is 43.8 Å². The number of hydrogen-bond donors (Lipinski definition) is 2. The summed E-state index contributed by atoms with van der Waals surface area (Å²) < 4.78 is 2.24. The van der Waals surface area contributed by atoms with Crippen LogP contribution >= 0.6 is 0 Å². The molecule has 0 radical (unpaired) electrons. The molecule has 2 aromatic rings. The standard InChI is InChI=1S/C14H21N3O/c1-2-17-13-8-4-3-7-12(13)16-14(17)11-15-9-5-6-10-18/h3-4,7-8,15,18H,2,5-6,9-11H2,1H3. The molecule has 0 amide bonds. The molecular formula is C14H21N3O. The van der Waals surface area contributed by atoms with Gasteiger partial charge in [-0.25, -0.2) is 4.98 Å². The SMILES string of the molecule is CCn1c(CNCCCCO)nc2ccccc21. The van der Waals surface area contributed by atoms with Gasteiger partial charge in [0.1, 0.15) is 5.82 Å². The van der Waals surface area contributed by atoms with Crippen molar-refractivity contribution in [1.29, 1.82) is 0 Å². The van der Waals surface area contributed by atoms with Crippen molar-refractivity contribution in [3.8, 4) is 0 Å². The number of aliphatic hydroxyl groups is 1. The van der Waals surface area contributed by atoms with Crippen LogP contribution in [0.2, 0.25) is 0 Å². The first-order valence-corrected chi connectivity index (χ1v) is 6.62. The third-order valence-corrected chi connectivity index (χ3v) is 3.09. The van der Waals surface area contributed by atoms with Crippen LogP contribution in [-0.4, -0.2) is 27.8 Å². The summed E-state index contributed by atoms with van der Waals surface area (Å²) in [5.41, 5.74) is 2.26. The smallest absolute Gasteiger partial charge is 0.123 e. The molecule has 0 atom stereocenters. The average Bonchev–Trinajstić information content (AvgIpc) is 2.76. The molecular weight excluding hydrogens is 226 g/mol. The largest absolute Gasteiger partial charge is 0.396 e. The van der Waals surface area contributed by atoms with Gasteiger partial charge >= 0.3 is 0 Å². The van der Waals surface area contributed by atoms with Crippen molar-refractivity contribution in [1.82, 2.24) is 14.9 Å². The van der Waals surface area contributed by atoms with E-state index in [-0.39, 0.29) is 6.61 Å². The summed E-state index contributed by atoms with van der Waals surface area (Å²) in [5.74, 6) is 1.09. The molecule has 0 aliphatic rings. The lowest BCUT2D eigenvalue weighted by Crippen LogP contribution is -2.18. The van der Waals surface area contributed by atoms with E-state index in [1.807, 2.05) is 6.07 Å². The summed E-state index contributed by atoms with van der Waals surface area (Å²) in [4.78, 5) is 4.65. The van der Waals surface area contributed by atoms with E-state index in [1.165, 1.54) is 5.52 Å². The van der Waals surface area contributed by atoms with Crippen LogP contribution in [-0.2, 0) is 13.1 Å². The number of aromatic nitrogens is 2. The summed E-state index contributed by atoms with van der Waals surface area (Å²) >= 11 is 0. The molecule has 1 heterocycles. The molecule has 18 heavy (non-hydrogen) atoms. The Balaban J connectivity index is 2.03. The highest BCUT2D eigenvalue weighted by Crippen LogP contribution is 2.15. The number of nitrogens with one attached hydrogen (secondary N) is 1. The average molecular weight is 247 g/mol. The Labute approximate surface area is 108 Å². The van der Waals surface area contributed by atoms with E-state index in [0.29, 0.717) is 0 Å². The molecule has 0 spiro atoms. The van der Waals surface area contributed by atoms with Crippen LogP contribution in [0, 0.1) is 0 Å². The summed E-state index contributed by atoms with van der Waals surface area (Å²) in [6.45, 7) is 5.06. The number of para-hydroxylation sites is 2. The Morgan fingerprint density at radius 1 is 1.28 bits per heavy atom. The number of nitrogens with zero attached hydrogens (tertiary/aromatic N) is 2. The van der Waals surface area contributed by atoms with Gasteiger partial charge in [0.15, 0.2) is 0 Å². The number of fused-ring (bicyclic) bond motifs is 1. The highest BCUT2D eigenvalue weighted by atomic mass is 16.2. The molecule has 4 heteroatoms. The predicted molar refractivity (Wildman–Crippen MR) is 73.4 cm³/mol. The van der Waals surface area contributed by atoms with Crippen molar-refractivity contribution in [2.75, 3.05) is 13.2 Å². The van der Waals surface area contributed by atoms with Gasteiger partial charge in [-0.15, -0.1) is 0 Å². The van der Waals surface area contributed by atoms with Crippen molar-refractivity contribution in [2.45, 2.75) is 32.9 Å². The van der Waals surface area contributed by atoms with Gasteiger partial charge in [0, 0.05) is 13.2 Å². The number of unbranched alkanes of at least 4 members (excludes halogenated alkanes) is 1. The van der Waals surface area contributed by atoms with E-state index in [1.54, 1.807) is 0 Å². The molecule has 0 unspecified atom stereocenters. The van der Waals surface area contributed by atoms with Crippen LogP contribution < -0.4 is 5.32 Å².